The van der Waals surface area contributed by atoms with Gasteiger partial charge >= 0.3 is 0 Å². The topological polar surface area (TPSA) is 58.4 Å². The number of hydrogen-bond acceptors (Lipinski definition) is 3. The molecule has 0 fully saturated rings. The number of halogens is 1. The Morgan fingerprint density at radius 3 is 2.26 bits per heavy atom. The van der Waals surface area contributed by atoms with Crippen molar-refractivity contribution < 1.29 is 14.3 Å². The smallest absolute Gasteiger partial charge is 0.212 e. The van der Waals surface area contributed by atoms with E-state index in [0.717, 1.165) is 45.3 Å². The number of rotatable bonds is 10. The van der Waals surface area contributed by atoms with Gasteiger partial charge in [0.2, 0.25) is 6.41 Å². The van der Waals surface area contributed by atoms with Gasteiger partial charge in [-0.25, -0.2) is 9.07 Å². The summed E-state index contributed by atoms with van der Waals surface area (Å²) in [6, 6.07) is 30.4. The van der Waals surface area contributed by atoms with Crippen molar-refractivity contribution in [3.63, 3.8) is 0 Å². The van der Waals surface area contributed by atoms with Crippen molar-refractivity contribution in [3.05, 3.63) is 131 Å². The lowest BCUT2D eigenvalue weighted by atomic mass is 9.72. The van der Waals surface area contributed by atoms with Crippen LogP contribution in [0, 0.1) is 12.7 Å². The number of benzene rings is 4. The van der Waals surface area contributed by atoms with Gasteiger partial charge in [-0.05, 0) is 72.0 Å². The first-order valence-electron chi connectivity index (χ1n) is 13.1. The predicted molar refractivity (Wildman–Crippen MR) is 152 cm³/mol. The quantitative estimate of drug-likeness (QED) is 0.172. The maximum absolute atomic E-state index is 13.5. The second kappa shape index (κ2) is 11.2. The summed E-state index contributed by atoms with van der Waals surface area (Å²) >= 11 is 0. The number of nitrogens with zero attached hydrogens (tertiary/aromatic N) is 3. The highest BCUT2D eigenvalue weighted by Gasteiger charge is 2.34. The number of aliphatic hydroxyl groups is 1. The van der Waals surface area contributed by atoms with Crippen LogP contribution in [0.5, 0.6) is 0 Å². The van der Waals surface area contributed by atoms with Crippen LogP contribution < -0.4 is 0 Å². The molecule has 4 aromatic carbocycles. The van der Waals surface area contributed by atoms with E-state index in [2.05, 4.69) is 43.2 Å². The second-order valence-electron chi connectivity index (χ2n) is 10.4. The van der Waals surface area contributed by atoms with Crippen LogP contribution in [-0.4, -0.2) is 32.4 Å². The Labute approximate surface area is 228 Å². The third-order valence-electron chi connectivity index (χ3n) is 7.43. The fraction of sp³-hybridized carbons (Fsp3) is 0.212. The zero-order chi connectivity index (χ0) is 27.4. The summed E-state index contributed by atoms with van der Waals surface area (Å²) in [7, 11) is 0. The molecule has 2 unspecified atom stereocenters. The molecular formula is C33H32FN3O2. The van der Waals surface area contributed by atoms with Crippen molar-refractivity contribution in [2.45, 2.75) is 44.9 Å². The monoisotopic (exact) mass is 521 g/mol. The average Bonchev–Trinajstić information content (AvgIpc) is 3.35. The van der Waals surface area contributed by atoms with E-state index in [0.29, 0.717) is 19.4 Å². The Morgan fingerprint density at radius 2 is 1.62 bits per heavy atom. The molecule has 0 aliphatic rings. The van der Waals surface area contributed by atoms with Gasteiger partial charge in [0.15, 0.2) is 0 Å². The molecule has 0 spiro atoms. The summed E-state index contributed by atoms with van der Waals surface area (Å²) in [5.74, 6) is -0.291. The Kier molecular flexibility index (Phi) is 7.57. The van der Waals surface area contributed by atoms with Crippen LogP contribution in [0.1, 0.15) is 35.6 Å². The van der Waals surface area contributed by atoms with Crippen LogP contribution in [0.3, 0.4) is 0 Å². The number of aryl methyl sites for hydroxylation is 1. The molecule has 0 bridgehead atoms. The molecule has 0 radical (unpaired) electrons. The summed E-state index contributed by atoms with van der Waals surface area (Å²) in [5.41, 5.74) is 5.45. The molecule has 0 saturated heterocycles. The van der Waals surface area contributed by atoms with Crippen molar-refractivity contribution >= 4 is 17.3 Å². The number of aromatic nitrogens is 2. The van der Waals surface area contributed by atoms with E-state index < -0.39 is 11.6 Å². The zero-order valence-electron chi connectivity index (χ0n) is 22.2. The lowest BCUT2D eigenvalue weighted by molar-refractivity contribution is -0.129. The summed E-state index contributed by atoms with van der Waals surface area (Å²) in [6.07, 6.45) is 2.60. The summed E-state index contributed by atoms with van der Waals surface area (Å²) in [6.45, 7) is 4.54. The van der Waals surface area contributed by atoms with E-state index in [1.54, 1.807) is 12.1 Å². The first kappa shape index (κ1) is 26.3. The molecule has 198 valence electrons. The molecule has 1 N–H and O–H groups in total. The van der Waals surface area contributed by atoms with Crippen LogP contribution in [0.4, 0.5) is 4.39 Å². The van der Waals surface area contributed by atoms with Crippen molar-refractivity contribution in [2.24, 2.45) is 0 Å². The van der Waals surface area contributed by atoms with E-state index in [4.69, 9.17) is 0 Å². The number of carbonyl (C=O) groups excluding carboxylic acids is 1. The molecule has 1 heterocycles. The molecule has 0 aliphatic heterocycles. The van der Waals surface area contributed by atoms with Gasteiger partial charge in [0, 0.05) is 23.8 Å². The maximum Gasteiger partial charge on any atom is 0.212 e. The minimum absolute atomic E-state index is 0.291. The number of aliphatic hydroxyl groups excluding tert-OH is 1. The molecule has 39 heavy (non-hydrogen) atoms. The molecule has 0 aliphatic carbocycles. The van der Waals surface area contributed by atoms with Crippen molar-refractivity contribution in [3.8, 4) is 5.69 Å². The first-order valence-corrected chi connectivity index (χ1v) is 13.1. The second-order valence-corrected chi connectivity index (χ2v) is 10.4. The van der Waals surface area contributed by atoms with E-state index >= 15 is 0 Å². The SMILES string of the molecule is Cc1cc2c(cnn2-c2ccc(F)cc2)cc1C(C)(Cc1ccccc1)CC(O)N(C=O)Cc1ccccc1. The molecule has 6 heteroatoms. The molecular weight excluding hydrogens is 489 g/mol. The van der Waals surface area contributed by atoms with Crippen LogP contribution in [-0.2, 0) is 23.2 Å². The van der Waals surface area contributed by atoms with Gasteiger partial charge in [-0.3, -0.25) is 4.79 Å². The standard InChI is InChI=1S/C33H32FN3O2/c1-24-17-31-27(21-35-37(31)29-15-13-28(34)14-16-29)18-30(24)33(2,19-25-9-5-3-6-10-25)20-32(39)36(23-38)22-26-11-7-4-8-12-26/h3-18,21,23,32,39H,19-20,22H2,1-2H3. The van der Waals surface area contributed by atoms with Gasteiger partial charge in [-0.15, -0.1) is 0 Å². The molecule has 1 amide bonds. The Morgan fingerprint density at radius 1 is 0.974 bits per heavy atom. The fourth-order valence-electron chi connectivity index (χ4n) is 5.47. The normalized spacial score (nSPS) is 13.6. The molecule has 5 nitrogen and oxygen atoms in total. The minimum atomic E-state index is -0.978. The summed E-state index contributed by atoms with van der Waals surface area (Å²) in [4.78, 5) is 13.5. The number of carbonyl (C=O) groups is 1. The number of hydrogen-bond donors (Lipinski definition) is 1. The summed E-state index contributed by atoms with van der Waals surface area (Å²) < 4.78 is 15.3. The van der Waals surface area contributed by atoms with E-state index in [1.165, 1.54) is 17.0 Å². The number of fused-ring (bicyclic) bond motifs is 1. The lowest BCUT2D eigenvalue weighted by Gasteiger charge is -2.37. The fourth-order valence-corrected chi connectivity index (χ4v) is 5.47. The third-order valence-corrected chi connectivity index (χ3v) is 7.43. The molecule has 2 atom stereocenters. The highest BCUT2D eigenvalue weighted by molar-refractivity contribution is 5.82. The van der Waals surface area contributed by atoms with Crippen LogP contribution in [0.15, 0.2) is 103 Å². The van der Waals surface area contributed by atoms with Gasteiger partial charge in [-0.2, -0.15) is 5.10 Å². The van der Waals surface area contributed by atoms with Gasteiger partial charge in [0.25, 0.3) is 0 Å². The van der Waals surface area contributed by atoms with E-state index in [1.807, 2.05) is 59.4 Å². The summed E-state index contributed by atoms with van der Waals surface area (Å²) in [5, 5.41) is 16.9. The Balaban J connectivity index is 1.52. The molecule has 1 aromatic heterocycles. The van der Waals surface area contributed by atoms with Crippen LogP contribution >= 0.6 is 0 Å². The Hall–Kier alpha value is -4.29. The van der Waals surface area contributed by atoms with Gasteiger partial charge < -0.3 is 10.0 Å². The highest BCUT2D eigenvalue weighted by Crippen LogP contribution is 2.38. The maximum atomic E-state index is 13.5. The largest absolute Gasteiger partial charge is 0.373 e. The van der Waals surface area contributed by atoms with Gasteiger partial charge in [-0.1, -0.05) is 67.6 Å². The first-order chi connectivity index (χ1) is 18.9. The molecule has 5 aromatic rings. The highest BCUT2D eigenvalue weighted by atomic mass is 19.1. The lowest BCUT2D eigenvalue weighted by Crippen LogP contribution is -2.40. The predicted octanol–water partition coefficient (Wildman–Crippen LogP) is 6.34. The average molecular weight is 522 g/mol. The minimum Gasteiger partial charge on any atom is -0.373 e. The van der Waals surface area contributed by atoms with Crippen LogP contribution in [0.2, 0.25) is 0 Å². The van der Waals surface area contributed by atoms with Crippen molar-refractivity contribution in [1.82, 2.24) is 14.7 Å². The van der Waals surface area contributed by atoms with Crippen LogP contribution in [0.25, 0.3) is 16.6 Å². The van der Waals surface area contributed by atoms with E-state index in [-0.39, 0.29) is 5.82 Å². The number of amides is 1. The Bertz CT molecular complexity index is 1550. The van der Waals surface area contributed by atoms with Gasteiger partial charge in [0.05, 0.1) is 17.4 Å². The molecule has 5 rings (SSSR count). The van der Waals surface area contributed by atoms with E-state index in [9.17, 15) is 14.3 Å². The molecule has 0 saturated carbocycles. The third kappa shape index (κ3) is 5.76. The zero-order valence-corrected chi connectivity index (χ0v) is 22.2. The van der Waals surface area contributed by atoms with Crippen molar-refractivity contribution in [1.29, 1.82) is 0 Å². The van der Waals surface area contributed by atoms with Crippen molar-refractivity contribution in [2.75, 3.05) is 0 Å². The van der Waals surface area contributed by atoms with Gasteiger partial charge in [0.1, 0.15) is 12.0 Å².